The van der Waals surface area contributed by atoms with Gasteiger partial charge in [0.15, 0.2) is 5.58 Å². The van der Waals surface area contributed by atoms with E-state index in [1.54, 1.807) is 11.1 Å². The van der Waals surface area contributed by atoms with Gasteiger partial charge in [0.2, 0.25) is 5.91 Å². The highest BCUT2D eigenvalue weighted by molar-refractivity contribution is 7.16. The topological polar surface area (TPSA) is 75.8 Å². The fourth-order valence-corrected chi connectivity index (χ4v) is 6.32. The molecular weight excluding hydrogens is 529 g/mol. The number of nitrogens with zero attached hydrogens (tertiary/aromatic N) is 2. The first-order valence-corrected chi connectivity index (χ1v) is 13.7. The van der Waals surface area contributed by atoms with E-state index in [0.717, 1.165) is 21.5 Å². The maximum atomic E-state index is 13.6. The first kappa shape index (κ1) is 27.4. The van der Waals surface area contributed by atoms with Crippen LogP contribution < -0.4 is 4.90 Å². The molecule has 0 atom stereocenters. The van der Waals surface area contributed by atoms with E-state index >= 15 is 0 Å². The predicted octanol–water partition coefficient (Wildman–Crippen LogP) is 8.32. The average molecular weight is 559 g/mol. The Bertz CT molecular complexity index is 1400. The number of halogens is 3. The van der Waals surface area contributed by atoms with Crippen molar-refractivity contribution in [1.82, 2.24) is 4.98 Å². The second-order valence-electron chi connectivity index (χ2n) is 10.2. The molecule has 39 heavy (non-hydrogen) atoms. The fourth-order valence-electron chi connectivity index (χ4n) is 5.25. The molecule has 206 valence electrons. The van der Waals surface area contributed by atoms with Gasteiger partial charge in [-0.25, -0.2) is 4.89 Å². The Morgan fingerprint density at radius 3 is 2.44 bits per heavy atom. The molecule has 10 heteroatoms. The van der Waals surface area contributed by atoms with Gasteiger partial charge in [0.05, 0.1) is 16.5 Å². The van der Waals surface area contributed by atoms with Crippen molar-refractivity contribution in [2.45, 2.75) is 58.4 Å². The van der Waals surface area contributed by atoms with Crippen LogP contribution in [-0.4, -0.2) is 28.4 Å². The number of carbonyl (C=O) groups is 1. The minimum atomic E-state index is -4.23. The summed E-state index contributed by atoms with van der Waals surface area (Å²) >= 11 is 1.40. The summed E-state index contributed by atoms with van der Waals surface area (Å²) in [6, 6.07) is 15.0. The van der Waals surface area contributed by atoms with Crippen LogP contribution in [0.3, 0.4) is 0 Å². The van der Waals surface area contributed by atoms with Crippen LogP contribution in [0.5, 0.6) is 0 Å². The normalized spacial score (nSPS) is 18.1. The van der Waals surface area contributed by atoms with Gasteiger partial charge in [-0.3, -0.25) is 15.0 Å². The van der Waals surface area contributed by atoms with E-state index in [1.165, 1.54) is 11.3 Å². The number of carbonyl (C=O) groups excluding carboxylic acids is 1. The molecule has 6 nitrogen and oxygen atoms in total. The number of furan rings is 1. The first-order chi connectivity index (χ1) is 18.7. The summed E-state index contributed by atoms with van der Waals surface area (Å²) in [5, 5.41) is 9.24. The third kappa shape index (κ3) is 5.73. The lowest BCUT2D eigenvalue weighted by Crippen LogP contribution is -2.43. The number of fused-ring (bicyclic) bond motifs is 1. The Labute approximate surface area is 228 Å². The van der Waals surface area contributed by atoms with Crippen molar-refractivity contribution in [3.05, 3.63) is 59.6 Å². The van der Waals surface area contributed by atoms with Crippen LogP contribution in [0.1, 0.15) is 44.4 Å². The quantitative estimate of drug-likeness (QED) is 0.182. The first-order valence-electron chi connectivity index (χ1n) is 12.9. The zero-order valence-electron chi connectivity index (χ0n) is 21.6. The fraction of sp³-hybridized carbons (Fsp3) is 0.379. The Hall–Kier alpha value is -3.21. The molecule has 0 spiro atoms. The Morgan fingerprint density at radius 2 is 1.82 bits per heavy atom. The second kappa shape index (κ2) is 11.1. The molecule has 5 rings (SSSR count). The number of hydrogen-bond donors (Lipinski definition) is 1. The number of aromatic nitrogens is 1. The molecule has 1 amide bonds. The Morgan fingerprint density at radius 1 is 1.13 bits per heavy atom. The summed E-state index contributed by atoms with van der Waals surface area (Å²) in [4.78, 5) is 25.5. The van der Waals surface area contributed by atoms with Crippen molar-refractivity contribution in [2.24, 2.45) is 11.8 Å². The standard InChI is InChI=1S/C29H29F3N2O4S/c1-17(2)34(28(35)20-9-11-21(12-10-20)29(30,31)32)23-15-26(39-27(23)16-37-36)19-7-5-18(6-8-19)25-14-22-24(38-25)4-3-13-33-22/h3-8,13-15,17,20-21,36H,9-12,16H2,1-2H3/t20-,21-. The number of pyridine rings is 1. The molecule has 3 heterocycles. The minimum Gasteiger partial charge on any atom is -0.454 e. The van der Waals surface area contributed by atoms with E-state index in [9.17, 15) is 23.2 Å². The highest BCUT2D eigenvalue weighted by Crippen LogP contribution is 2.43. The van der Waals surface area contributed by atoms with Crippen molar-refractivity contribution in [2.75, 3.05) is 4.90 Å². The molecule has 0 bridgehead atoms. The smallest absolute Gasteiger partial charge is 0.391 e. The summed E-state index contributed by atoms with van der Waals surface area (Å²) in [5.41, 5.74) is 3.89. The Balaban J connectivity index is 1.40. The summed E-state index contributed by atoms with van der Waals surface area (Å²) in [6.07, 6.45) is -2.19. The molecule has 4 aromatic rings. The average Bonchev–Trinajstić information content (AvgIpc) is 3.53. The Kier molecular flexibility index (Phi) is 7.80. The number of anilines is 1. The molecule has 1 saturated carbocycles. The van der Waals surface area contributed by atoms with E-state index in [4.69, 9.17) is 4.42 Å². The molecule has 0 saturated heterocycles. The lowest BCUT2D eigenvalue weighted by Gasteiger charge is -2.34. The van der Waals surface area contributed by atoms with Crippen molar-refractivity contribution < 1.29 is 32.5 Å². The molecule has 3 aromatic heterocycles. The zero-order chi connectivity index (χ0) is 27.7. The molecule has 1 aromatic carbocycles. The molecule has 1 N–H and O–H groups in total. The number of hydrogen-bond acceptors (Lipinski definition) is 6. The van der Waals surface area contributed by atoms with Crippen LogP contribution in [0.25, 0.3) is 32.9 Å². The largest absolute Gasteiger partial charge is 0.454 e. The van der Waals surface area contributed by atoms with Crippen molar-refractivity contribution in [3.63, 3.8) is 0 Å². The van der Waals surface area contributed by atoms with Crippen LogP contribution >= 0.6 is 11.3 Å². The van der Waals surface area contributed by atoms with Crippen molar-refractivity contribution >= 4 is 34.0 Å². The molecule has 0 unspecified atom stereocenters. The summed E-state index contributed by atoms with van der Waals surface area (Å²) in [6.45, 7) is 3.63. The highest BCUT2D eigenvalue weighted by Gasteiger charge is 2.43. The van der Waals surface area contributed by atoms with Crippen LogP contribution in [0, 0.1) is 11.8 Å². The van der Waals surface area contributed by atoms with Gasteiger partial charge in [-0.1, -0.05) is 24.3 Å². The van der Waals surface area contributed by atoms with E-state index in [2.05, 4.69) is 9.87 Å². The molecular formula is C29H29F3N2O4S. The van der Waals surface area contributed by atoms with E-state index < -0.39 is 18.0 Å². The molecule has 0 radical (unpaired) electrons. The van der Waals surface area contributed by atoms with Crippen LogP contribution in [0.4, 0.5) is 18.9 Å². The van der Waals surface area contributed by atoms with Gasteiger partial charge in [0.25, 0.3) is 0 Å². The number of rotatable bonds is 7. The van der Waals surface area contributed by atoms with E-state index in [0.29, 0.717) is 21.9 Å². The monoisotopic (exact) mass is 558 g/mol. The minimum absolute atomic E-state index is 0.0407. The highest BCUT2D eigenvalue weighted by atomic mass is 32.1. The van der Waals surface area contributed by atoms with Gasteiger partial charge >= 0.3 is 6.18 Å². The van der Waals surface area contributed by atoms with E-state index in [1.807, 2.05) is 62.4 Å². The van der Waals surface area contributed by atoms with Crippen LogP contribution in [0.2, 0.25) is 0 Å². The third-order valence-corrected chi connectivity index (χ3v) is 8.42. The van der Waals surface area contributed by atoms with Crippen molar-refractivity contribution in [1.29, 1.82) is 0 Å². The lowest BCUT2D eigenvalue weighted by molar-refractivity contribution is -0.252. The van der Waals surface area contributed by atoms with Crippen LogP contribution in [0.15, 0.2) is 59.1 Å². The van der Waals surface area contributed by atoms with Gasteiger partial charge in [-0.2, -0.15) is 13.2 Å². The second-order valence-corrected chi connectivity index (χ2v) is 11.3. The number of amides is 1. The molecule has 1 aliphatic rings. The lowest BCUT2D eigenvalue weighted by atomic mass is 9.81. The van der Waals surface area contributed by atoms with Gasteiger partial charge in [-0.15, -0.1) is 11.3 Å². The zero-order valence-corrected chi connectivity index (χ0v) is 22.4. The number of thiophene rings is 1. The molecule has 1 aliphatic carbocycles. The summed E-state index contributed by atoms with van der Waals surface area (Å²) in [7, 11) is 0. The van der Waals surface area contributed by atoms with Gasteiger partial charge in [0.1, 0.15) is 17.9 Å². The summed E-state index contributed by atoms with van der Waals surface area (Å²) < 4.78 is 45.4. The maximum Gasteiger partial charge on any atom is 0.391 e. The molecule has 0 aliphatic heterocycles. The van der Waals surface area contributed by atoms with Crippen LogP contribution in [-0.2, 0) is 16.3 Å². The third-order valence-electron chi connectivity index (χ3n) is 7.28. The number of benzene rings is 1. The number of alkyl halides is 3. The van der Waals surface area contributed by atoms with E-state index in [-0.39, 0.29) is 44.2 Å². The predicted molar refractivity (Wildman–Crippen MR) is 144 cm³/mol. The van der Waals surface area contributed by atoms with Crippen molar-refractivity contribution in [3.8, 4) is 21.8 Å². The maximum absolute atomic E-state index is 13.6. The van der Waals surface area contributed by atoms with Gasteiger partial charge in [0, 0.05) is 34.7 Å². The SMILES string of the molecule is CC(C)N(c1cc(-c2ccc(-c3cc4ncccc4o3)cc2)sc1COO)C(=O)[C@H]1CC[C@H](C(F)(F)F)CC1. The van der Waals surface area contributed by atoms with Gasteiger partial charge in [-0.05, 0) is 63.3 Å². The van der Waals surface area contributed by atoms with Gasteiger partial charge < -0.3 is 9.32 Å². The summed E-state index contributed by atoms with van der Waals surface area (Å²) in [5.74, 6) is -1.31. The molecule has 1 fully saturated rings.